The standard InChI is InChI=1S/C11H20.C2H6/c1-11(2,3)10-7-8-4-5-9(10)6-8;1-2/h8-10H,4-7H2,1-3H3;1-2H3. The zero-order valence-corrected chi connectivity index (χ0v) is 10.1. The SMILES string of the molecule is CC.CC(C)(C)C1CC2CCC1C2. The van der Waals surface area contributed by atoms with Crippen LogP contribution in [0.25, 0.3) is 0 Å². The molecule has 2 rings (SSSR count). The highest BCUT2D eigenvalue weighted by Gasteiger charge is 2.44. The van der Waals surface area contributed by atoms with Gasteiger partial charge >= 0.3 is 0 Å². The van der Waals surface area contributed by atoms with Crippen LogP contribution >= 0.6 is 0 Å². The summed E-state index contributed by atoms with van der Waals surface area (Å²) in [5.41, 5.74) is 0.583. The minimum absolute atomic E-state index is 0.583. The van der Waals surface area contributed by atoms with E-state index in [1.807, 2.05) is 13.8 Å². The quantitative estimate of drug-likeness (QED) is 0.517. The second-order valence-electron chi connectivity index (χ2n) is 5.65. The lowest BCUT2D eigenvalue weighted by Crippen LogP contribution is -2.25. The van der Waals surface area contributed by atoms with Gasteiger partial charge in [0.05, 0.1) is 0 Å². The summed E-state index contributed by atoms with van der Waals surface area (Å²) in [6.45, 7) is 11.2. The van der Waals surface area contributed by atoms with Gasteiger partial charge in [0.2, 0.25) is 0 Å². The van der Waals surface area contributed by atoms with Gasteiger partial charge < -0.3 is 0 Å². The summed E-state index contributed by atoms with van der Waals surface area (Å²) in [7, 11) is 0. The smallest absolute Gasteiger partial charge is 0.0334 e. The Morgan fingerprint density at radius 1 is 0.923 bits per heavy atom. The normalized spacial score (nSPS) is 37.2. The molecular weight excluding hydrogens is 156 g/mol. The van der Waals surface area contributed by atoms with E-state index < -0.39 is 0 Å². The van der Waals surface area contributed by atoms with Crippen molar-refractivity contribution in [2.24, 2.45) is 23.2 Å². The highest BCUT2D eigenvalue weighted by atomic mass is 14.5. The second-order valence-corrected chi connectivity index (χ2v) is 5.65. The van der Waals surface area contributed by atoms with E-state index in [2.05, 4.69) is 20.8 Å². The molecule has 0 saturated heterocycles. The van der Waals surface area contributed by atoms with Gasteiger partial charge in [0.15, 0.2) is 0 Å². The first-order valence-electron chi connectivity index (χ1n) is 6.07. The van der Waals surface area contributed by atoms with Crippen molar-refractivity contribution in [3.8, 4) is 0 Å². The first-order chi connectivity index (χ1) is 6.07. The van der Waals surface area contributed by atoms with Crippen LogP contribution in [0.4, 0.5) is 0 Å². The summed E-state index contributed by atoms with van der Waals surface area (Å²) in [5, 5.41) is 0. The summed E-state index contributed by atoms with van der Waals surface area (Å²) in [6.07, 6.45) is 6.17. The lowest BCUT2D eigenvalue weighted by atomic mass is 9.72. The maximum absolute atomic E-state index is 2.42. The van der Waals surface area contributed by atoms with Crippen molar-refractivity contribution in [3.63, 3.8) is 0 Å². The van der Waals surface area contributed by atoms with Gasteiger partial charge in [-0.05, 0) is 42.4 Å². The van der Waals surface area contributed by atoms with Crippen LogP contribution in [0.3, 0.4) is 0 Å². The molecule has 0 aromatic rings. The number of fused-ring (bicyclic) bond motifs is 2. The van der Waals surface area contributed by atoms with Crippen LogP contribution in [0.1, 0.15) is 60.3 Å². The average molecular weight is 182 g/mol. The molecule has 0 aromatic carbocycles. The van der Waals surface area contributed by atoms with Crippen molar-refractivity contribution in [2.45, 2.75) is 60.3 Å². The van der Waals surface area contributed by atoms with E-state index >= 15 is 0 Å². The van der Waals surface area contributed by atoms with Gasteiger partial charge in [-0.1, -0.05) is 41.0 Å². The van der Waals surface area contributed by atoms with Gasteiger partial charge in [-0.15, -0.1) is 0 Å². The van der Waals surface area contributed by atoms with E-state index in [0.29, 0.717) is 5.41 Å². The summed E-state index contributed by atoms with van der Waals surface area (Å²) in [5.74, 6) is 3.26. The van der Waals surface area contributed by atoms with E-state index in [1.54, 1.807) is 6.42 Å². The van der Waals surface area contributed by atoms with Crippen LogP contribution < -0.4 is 0 Å². The van der Waals surface area contributed by atoms with Gasteiger partial charge in [-0.3, -0.25) is 0 Å². The largest absolute Gasteiger partial charge is 0.0683 e. The molecule has 13 heavy (non-hydrogen) atoms. The molecule has 0 aliphatic heterocycles. The summed E-state index contributed by atoms with van der Waals surface area (Å²) in [6, 6.07) is 0. The summed E-state index contributed by atoms with van der Waals surface area (Å²) >= 11 is 0. The Kier molecular flexibility index (Phi) is 3.43. The van der Waals surface area contributed by atoms with Crippen molar-refractivity contribution in [3.05, 3.63) is 0 Å². The molecule has 0 aromatic heterocycles. The lowest BCUT2D eigenvalue weighted by molar-refractivity contribution is 0.161. The monoisotopic (exact) mass is 182 g/mol. The molecule has 0 heterocycles. The van der Waals surface area contributed by atoms with E-state index in [0.717, 1.165) is 17.8 Å². The zero-order valence-electron chi connectivity index (χ0n) is 10.1. The topological polar surface area (TPSA) is 0 Å². The molecule has 0 N–H and O–H groups in total. The molecule has 2 saturated carbocycles. The Balaban J connectivity index is 0.000000396. The molecule has 2 bridgehead atoms. The number of rotatable bonds is 0. The van der Waals surface area contributed by atoms with Crippen LogP contribution in [0.2, 0.25) is 0 Å². The second kappa shape index (κ2) is 4.02. The van der Waals surface area contributed by atoms with Gasteiger partial charge in [-0.25, -0.2) is 0 Å². The van der Waals surface area contributed by atoms with E-state index in [4.69, 9.17) is 0 Å². The van der Waals surface area contributed by atoms with Crippen LogP contribution in [0.15, 0.2) is 0 Å². The molecule has 0 heteroatoms. The summed E-state index contributed by atoms with van der Waals surface area (Å²) in [4.78, 5) is 0. The van der Waals surface area contributed by atoms with Crippen LogP contribution in [-0.4, -0.2) is 0 Å². The first-order valence-corrected chi connectivity index (χ1v) is 6.07. The van der Waals surface area contributed by atoms with E-state index in [9.17, 15) is 0 Å². The number of hydrogen-bond donors (Lipinski definition) is 0. The Labute approximate surface area is 84.1 Å². The van der Waals surface area contributed by atoms with Gasteiger partial charge in [-0.2, -0.15) is 0 Å². The molecule has 3 atom stereocenters. The highest BCUT2D eigenvalue weighted by molar-refractivity contribution is 4.94. The van der Waals surface area contributed by atoms with Crippen LogP contribution in [-0.2, 0) is 0 Å². The molecule has 0 nitrogen and oxygen atoms in total. The fourth-order valence-electron chi connectivity index (χ4n) is 3.31. The Morgan fingerprint density at radius 3 is 1.77 bits per heavy atom. The zero-order chi connectivity index (χ0) is 10.1. The highest BCUT2D eigenvalue weighted by Crippen LogP contribution is 2.54. The molecular formula is C13H26. The van der Waals surface area contributed by atoms with Crippen LogP contribution in [0, 0.1) is 23.2 Å². The maximum atomic E-state index is 2.42. The van der Waals surface area contributed by atoms with Crippen molar-refractivity contribution >= 4 is 0 Å². The Bertz CT molecular complexity index is 152. The Hall–Kier alpha value is 0. The molecule has 0 radical (unpaired) electrons. The average Bonchev–Trinajstić information content (AvgIpc) is 2.66. The van der Waals surface area contributed by atoms with Crippen LogP contribution in [0.5, 0.6) is 0 Å². The predicted molar refractivity (Wildman–Crippen MR) is 59.7 cm³/mol. The predicted octanol–water partition coefficient (Wildman–Crippen LogP) is 4.49. The number of hydrogen-bond acceptors (Lipinski definition) is 0. The first kappa shape index (κ1) is 11.1. The molecule has 0 amide bonds. The molecule has 3 unspecified atom stereocenters. The van der Waals surface area contributed by atoms with Crippen molar-refractivity contribution < 1.29 is 0 Å². The third-order valence-corrected chi connectivity index (χ3v) is 3.85. The molecule has 2 fully saturated rings. The minimum Gasteiger partial charge on any atom is -0.0683 e. The minimum atomic E-state index is 0.583. The van der Waals surface area contributed by atoms with Gasteiger partial charge in [0, 0.05) is 0 Å². The third-order valence-electron chi connectivity index (χ3n) is 3.85. The lowest BCUT2D eigenvalue weighted by Gasteiger charge is -2.34. The summed E-state index contributed by atoms with van der Waals surface area (Å²) < 4.78 is 0. The van der Waals surface area contributed by atoms with E-state index in [-0.39, 0.29) is 0 Å². The van der Waals surface area contributed by atoms with Gasteiger partial charge in [0.25, 0.3) is 0 Å². The van der Waals surface area contributed by atoms with E-state index in [1.165, 1.54) is 19.3 Å². The molecule has 2 aliphatic rings. The molecule has 0 spiro atoms. The van der Waals surface area contributed by atoms with Crippen molar-refractivity contribution in [1.29, 1.82) is 0 Å². The Morgan fingerprint density at radius 2 is 1.54 bits per heavy atom. The molecule has 2 aliphatic carbocycles. The molecule has 78 valence electrons. The maximum Gasteiger partial charge on any atom is -0.0334 e. The van der Waals surface area contributed by atoms with Gasteiger partial charge in [0.1, 0.15) is 0 Å². The fourth-order valence-corrected chi connectivity index (χ4v) is 3.31. The third kappa shape index (κ3) is 2.27. The van der Waals surface area contributed by atoms with Crippen molar-refractivity contribution in [1.82, 2.24) is 0 Å². The fraction of sp³-hybridized carbons (Fsp3) is 1.00. The van der Waals surface area contributed by atoms with Crippen molar-refractivity contribution in [2.75, 3.05) is 0 Å².